The lowest BCUT2D eigenvalue weighted by atomic mass is 9.92. The molecular formula is C23H24ClNO4S. The van der Waals surface area contributed by atoms with Gasteiger partial charge in [0.25, 0.3) is 11.7 Å². The zero-order valence-electron chi connectivity index (χ0n) is 16.8. The van der Waals surface area contributed by atoms with Crippen molar-refractivity contribution in [3.63, 3.8) is 0 Å². The minimum Gasteiger partial charge on any atom is -0.507 e. The largest absolute Gasteiger partial charge is 0.507 e. The van der Waals surface area contributed by atoms with E-state index in [-0.39, 0.29) is 17.4 Å². The number of thiophene rings is 1. The summed E-state index contributed by atoms with van der Waals surface area (Å²) in [6, 6.07) is 8.14. The Bertz CT molecular complexity index is 979. The van der Waals surface area contributed by atoms with Crippen LogP contribution in [0, 0.1) is 0 Å². The van der Waals surface area contributed by atoms with Crippen molar-refractivity contribution in [3.05, 3.63) is 56.7 Å². The summed E-state index contributed by atoms with van der Waals surface area (Å²) in [4.78, 5) is 28.8. The number of nitrogens with zero attached hydrogens (tertiary/aromatic N) is 1. The van der Waals surface area contributed by atoms with E-state index in [1.807, 2.05) is 24.4 Å². The Balaban J connectivity index is 1.85. The Morgan fingerprint density at radius 3 is 2.67 bits per heavy atom. The fraction of sp³-hybridized carbons (Fsp3) is 0.391. The van der Waals surface area contributed by atoms with Crippen LogP contribution in [0.3, 0.4) is 0 Å². The molecule has 0 radical (unpaired) electrons. The highest BCUT2D eigenvalue weighted by atomic mass is 35.5. The molecule has 2 aliphatic rings. The number of carbonyl (C=O) groups is 2. The number of Topliss-reactive ketones (excluding diaryl/α,β-unsaturated/α-hetero) is 1. The number of rotatable bonds is 5. The minimum absolute atomic E-state index is 0.00201. The van der Waals surface area contributed by atoms with Crippen molar-refractivity contribution in [1.82, 2.24) is 4.90 Å². The first-order valence-corrected chi connectivity index (χ1v) is 11.5. The van der Waals surface area contributed by atoms with Crippen LogP contribution in [-0.4, -0.2) is 34.3 Å². The number of halogens is 1. The second-order valence-electron chi connectivity index (χ2n) is 7.59. The minimum atomic E-state index is -0.658. The summed E-state index contributed by atoms with van der Waals surface area (Å²) >= 11 is 7.83. The standard InChI is InChI=1S/C23H24ClNO4S/c1-2-29-15-10-11-17(24)16(13-15)21(26)19-20(18-9-6-12-30-18)25(23(28)22(19)27)14-7-4-3-5-8-14/h6,9-14,20,26H,2-5,7-8H2,1H3/b21-19-. The highest BCUT2D eigenvalue weighted by molar-refractivity contribution is 7.10. The van der Waals surface area contributed by atoms with Gasteiger partial charge in [-0.25, -0.2) is 0 Å². The van der Waals surface area contributed by atoms with E-state index in [2.05, 4.69) is 0 Å². The highest BCUT2D eigenvalue weighted by Crippen LogP contribution is 2.45. The predicted molar refractivity (Wildman–Crippen MR) is 118 cm³/mol. The van der Waals surface area contributed by atoms with E-state index in [0.717, 1.165) is 37.0 Å². The van der Waals surface area contributed by atoms with Gasteiger partial charge in [-0.05, 0) is 49.4 Å². The van der Waals surface area contributed by atoms with Gasteiger partial charge in [-0.15, -0.1) is 11.3 Å². The Kier molecular flexibility index (Phi) is 6.16. The highest BCUT2D eigenvalue weighted by Gasteiger charge is 2.49. The molecule has 2 aromatic rings. The van der Waals surface area contributed by atoms with Gasteiger partial charge < -0.3 is 14.7 Å². The van der Waals surface area contributed by atoms with Gasteiger partial charge in [-0.1, -0.05) is 36.9 Å². The second kappa shape index (κ2) is 8.82. The molecule has 7 heteroatoms. The monoisotopic (exact) mass is 445 g/mol. The molecule has 1 aliphatic carbocycles. The molecule has 2 fully saturated rings. The maximum Gasteiger partial charge on any atom is 0.295 e. The van der Waals surface area contributed by atoms with Gasteiger partial charge in [-0.2, -0.15) is 0 Å². The van der Waals surface area contributed by atoms with Crippen LogP contribution in [0.15, 0.2) is 41.3 Å². The van der Waals surface area contributed by atoms with Crippen molar-refractivity contribution in [2.24, 2.45) is 0 Å². The number of hydrogen-bond donors (Lipinski definition) is 1. The molecule has 0 spiro atoms. The van der Waals surface area contributed by atoms with Crippen molar-refractivity contribution in [3.8, 4) is 5.75 Å². The van der Waals surface area contributed by atoms with E-state index in [1.165, 1.54) is 11.3 Å². The van der Waals surface area contributed by atoms with Crippen molar-refractivity contribution >= 4 is 40.4 Å². The molecule has 5 nitrogen and oxygen atoms in total. The number of benzene rings is 1. The molecule has 1 saturated heterocycles. The number of aliphatic hydroxyl groups excluding tert-OH is 1. The smallest absolute Gasteiger partial charge is 0.295 e. The van der Waals surface area contributed by atoms with Gasteiger partial charge in [0, 0.05) is 16.5 Å². The molecule has 1 unspecified atom stereocenters. The van der Waals surface area contributed by atoms with Gasteiger partial charge in [0.1, 0.15) is 11.5 Å². The molecule has 1 saturated carbocycles. The zero-order chi connectivity index (χ0) is 21.3. The SMILES string of the molecule is CCOc1ccc(Cl)c(/C(O)=C2/C(=O)C(=O)N(C3CCCCC3)C2c2cccs2)c1. The van der Waals surface area contributed by atoms with Crippen LogP contribution >= 0.6 is 22.9 Å². The molecule has 2 heterocycles. The van der Waals surface area contributed by atoms with E-state index in [1.54, 1.807) is 23.1 Å². The fourth-order valence-corrected chi connectivity index (χ4v) is 5.44. The lowest BCUT2D eigenvalue weighted by Crippen LogP contribution is -2.40. The maximum absolute atomic E-state index is 13.1. The van der Waals surface area contributed by atoms with E-state index < -0.39 is 17.7 Å². The average Bonchev–Trinajstić information content (AvgIpc) is 3.37. The first-order valence-electron chi connectivity index (χ1n) is 10.3. The number of ether oxygens (including phenoxy) is 1. The topological polar surface area (TPSA) is 66.8 Å². The van der Waals surface area contributed by atoms with Crippen molar-refractivity contribution < 1.29 is 19.4 Å². The summed E-state index contributed by atoms with van der Waals surface area (Å²) in [7, 11) is 0. The third-order valence-corrected chi connectivity index (χ3v) is 7.02. The molecule has 30 heavy (non-hydrogen) atoms. The number of ketones is 1. The van der Waals surface area contributed by atoms with Crippen LogP contribution in [0.1, 0.15) is 55.5 Å². The Morgan fingerprint density at radius 1 is 1.23 bits per heavy atom. The van der Waals surface area contributed by atoms with E-state index in [9.17, 15) is 14.7 Å². The molecule has 0 bridgehead atoms. The number of likely N-dealkylation sites (tertiary alicyclic amines) is 1. The molecule has 1 aliphatic heterocycles. The number of aliphatic hydroxyl groups is 1. The van der Waals surface area contributed by atoms with Gasteiger partial charge in [0.05, 0.1) is 23.2 Å². The first-order chi connectivity index (χ1) is 14.5. The summed E-state index contributed by atoms with van der Waals surface area (Å²) in [5.74, 6) is -0.914. The van der Waals surface area contributed by atoms with Crippen LogP contribution in [0.25, 0.3) is 5.76 Å². The summed E-state index contributed by atoms with van der Waals surface area (Å²) in [5.41, 5.74) is 0.398. The average molecular weight is 446 g/mol. The van der Waals surface area contributed by atoms with E-state index in [4.69, 9.17) is 16.3 Å². The molecule has 4 rings (SSSR count). The van der Waals surface area contributed by atoms with Gasteiger partial charge in [0.2, 0.25) is 0 Å². The number of amides is 1. The van der Waals surface area contributed by atoms with Crippen LogP contribution in [0.4, 0.5) is 0 Å². The summed E-state index contributed by atoms with van der Waals surface area (Å²) in [6.07, 6.45) is 4.95. The van der Waals surface area contributed by atoms with Gasteiger partial charge in [-0.3, -0.25) is 9.59 Å². The summed E-state index contributed by atoms with van der Waals surface area (Å²) in [6.45, 7) is 2.32. The quantitative estimate of drug-likeness (QED) is 0.372. The first kappa shape index (κ1) is 20.9. The Labute approximate surface area is 184 Å². The third kappa shape index (κ3) is 3.74. The van der Waals surface area contributed by atoms with Crippen molar-refractivity contribution in [2.45, 2.75) is 51.1 Å². The zero-order valence-corrected chi connectivity index (χ0v) is 18.3. The molecule has 1 amide bonds. The molecule has 158 valence electrons. The van der Waals surface area contributed by atoms with Gasteiger partial charge >= 0.3 is 0 Å². The Hall–Kier alpha value is -2.31. The Morgan fingerprint density at radius 2 is 2.00 bits per heavy atom. The lowest BCUT2D eigenvalue weighted by molar-refractivity contribution is -0.141. The van der Waals surface area contributed by atoms with Crippen LogP contribution in [-0.2, 0) is 9.59 Å². The van der Waals surface area contributed by atoms with Crippen LogP contribution in [0.2, 0.25) is 5.02 Å². The van der Waals surface area contributed by atoms with E-state index >= 15 is 0 Å². The molecule has 1 aromatic heterocycles. The molecule has 1 N–H and O–H groups in total. The number of hydrogen-bond acceptors (Lipinski definition) is 5. The van der Waals surface area contributed by atoms with Gasteiger partial charge in [0.15, 0.2) is 0 Å². The predicted octanol–water partition coefficient (Wildman–Crippen LogP) is 5.55. The second-order valence-corrected chi connectivity index (χ2v) is 8.97. The number of carbonyl (C=O) groups excluding carboxylic acids is 2. The molecule has 1 atom stereocenters. The maximum atomic E-state index is 13.1. The molecular weight excluding hydrogens is 422 g/mol. The van der Waals surface area contributed by atoms with Crippen molar-refractivity contribution in [1.29, 1.82) is 0 Å². The van der Waals surface area contributed by atoms with Crippen LogP contribution in [0.5, 0.6) is 5.75 Å². The van der Waals surface area contributed by atoms with E-state index in [0.29, 0.717) is 22.9 Å². The summed E-state index contributed by atoms with van der Waals surface area (Å²) in [5, 5.41) is 13.4. The van der Waals surface area contributed by atoms with Crippen LogP contribution < -0.4 is 4.74 Å². The normalized spacial score (nSPS) is 21.9. The molecule has 1 aromatic carbocycles. The third-order valence-electron chi connectivity index (χ3n) is 5.76. The fourth-order valence-electron chi connectivity index (χ4n) is 4.40. The van der Waals surface area contributed by atoms with Crippen molar-refractivity contribution in [2.75, 3.05) is 6.61 Å². The summed E-state index contributed by atoms with van der Waals surface area (Å²) < 4.78 is 5.53. The lowest BCUT2D eigenvalue weighted by Gasteiger charge is -2.34.